The van der Waals surface area contributed by atoms with Gasteiger partial charge in [0.25, 0.3) is 0 Å². The fraction of sp³-hybridized carbons (Fsp3) is 0. The highest BCUT2D eigenvalue weighted by Crippen LogP contribution is 2.44. The van der Waals surface area contributed by atoms with Gasteiger partial charge in [-0.15, -0.1) is 0 Å². The van der Waals surface area contributed by atoms with Crippen LogP contribution in [0.15, 0.2) is 134 Å². The van der Waals surface area contributed by atoms with Crippen molar-refractivity contribution in [2.24, 2.45) is 0 Å². The van der Waals surface area contributed by atoms with Gasteiger partial charge in [-0.1, -0.05) is 97.1 Å². The molecule has 2 heterocycles. The monoisotopic (exact) mass is 534 g/mol. The summed E-state index contributed by atoms with van der Waals surface area (Å²) in [5.41, 5.74) is 8.98. The number of rotatable bonds is 4. The van der Waals surface area contributed by atoms with Gasteiger partial charge in [0, 0.05) is 23.5 Å². The summed E-state index contributed by atoms with van der Waals surface area (Å²) in [6.45, 7) is 0. The third kappa shape index (κ3) is 4.16. The van der Waals surface area contributed by atoms with Gasteiger partial charge in [-0.25, -0.2) is 9.97 Å². The van der Waals surface area contributed by atoms with Crippen molar-refractivity contribution in [1.82, 2.24) is 9.97 Å². The smallest absolute Gasteiger partial charge is 0.148 e. The predicted molar refractivity (Wildman–Crippen MR) is 168 cm³/mol. The lowest BCUT2D eigenvalue weighted by Crippen LogP contribution is -1.92. The Morgan fingerprint density at radius 3 is 1.05 bits per heavy atom. The normalized spacial score (nSPS) is 10.8. The quantitative estimate of drug-likeness (QED) is 0.211. The molecule has 5 aromatic carbocycles. The van der Waals surface area contributed by atoms with Crippen LogP contribution in [0.4, 0.5) is 0 Å². The molecule has 0 bridgehead atoms. The van der Waals surface area contributed by atoms with E-state index >= 15 is 0 Å². The number of nitriles is 2. The molecule has 0 spiro atoms. The van der Waals surface area contributed by atoms with Crippen LogP contribution in [0.25, 0.3) is 66.1 Å². The van der Waals surface area contributed by atoms with Crippen molar-refractivity contribution in [3.8, 4) is 56.6 Å². The second kappa shape index (κ2) is 10.5. The molecule has 0 aliphatic carbocycles. The van der Waals surface area contributed by atoms with Crippen molar-refractivity contribution >= 4 is 21.5 Å². The molecule has 0 atom stereocenters. The number of hydrogen-bond acceptors (Lipinski definition) is 4. The summed E-state index contributed by atoms with van der Waals surface area (Å²) in [4.78, 5) is 8.45. The molecule has 0 saturated heterocycles. The zero-order valence-corrected chi connectivity index (χ0v) is 22.5. The summed E-state index contributed by atoms with van der Waals surface area (Å²) >= 11 is 0. The van der Waals surface area contributed by atoms with E-state index in [1.54, 1.807) is 12.4 Å². The van der Waals surface area contributed by atoms with E-state index in [0.29, 0.717) is 11.4 Å². The Labute approximate surface area is 243 Å². The molecule has 42 heavy (non-hydrogen) atoms. The molecule has 0 fully saturated rings. The highest BCUT2D eigenvalue weighted by atomic mass is 14.7. The lowest BCUT2D eigenvalue weighted by atomic mass is 9.85. The van der Waals surface area contributed by atoms with Crippen molar-refractivity contribution in [1.29, 1.82) is 10.5 Å². The molecular formula is C38H22N4. The van der Waals surface area contributed by atoms with Crippen molar-refractivity contribution in [2.45, 2.75) is 0 Å². The van der Waals surface area contributed by atoms with Crippen LogP contribution in [0.5, 0.6) is 0 Å². The van der Waals surface area contributed by atoms with E-state index in [1.165, 1.54) is 32.7 Å². The van der Waals surface area contributed by atoms with Crippen molar-refractivity contribution in [3.63, 3.8) is 0 Å². The Kier molecular flexibility index (Phi) is 6.21. The molecule has 7 aromatic rings. The maximum Gasteiger partial charge on any atom is 0.148 e. The zero-order chi connectivity index (χ0) is 28.5. The van der Waals surface area contributed by atoms with E-state index in [-0.39, 0.29) is 0 Å². The maximum absolute atomic E-state index is 9.54. The summed E-state index contributed by atoms with van der Waals surface area (Å²) in [6.07, 6.45) is 3.29. The number of nitrogens with zero attached hydrogens (tertiary/aromatic N) is 4. The van der Waals surface area contributed by atoms with Crippen LogP contribution in [-0.4, -0.2) is 9.97 Å². The van der Waals surface area contributed by atoms with Gasteiger partial charge in [-0.3, -0.25) is 0 Å². The maximum atomic E-state index is 9.54. The lowest BCUT2D eigenvalue weighted by Gasteiger charge is -2.18. The minimum atomic E-state index is 0.420. The van der Waals surface area contributed by atoms with E-state index in [0.717, 1.165) is 33.4 Å². The second-order valence-electron chi connectivity index (χ2n) is 10.0. The Hall–Kier alpha value is -6.10. The first kappa shape index (κ1) is 24.9. The van der Waals surface area contributed by atoms with Crippen LogP contribution >= 0.6 is 0 Å². The molecule has 0 aliphatic rings. The summed E-state index contributed by atoms with van der Waals surface area (Å²) in [7, 11) is 0. The van der Waals surface area contributed by atoms with E-state index in [4.69, 9.17) is 0 Å². The van der Waals surface area contributed by atoms with Crippen molar-refractivity contribution < 1.29 is 0 Å². The van der Waals surface area contributed by atoms with Crippen LogP contribution in [0.2, 0.25) is 0 Å². The predicted octanol–water partition coefficient (Wildman–Crippen LogP) is 9.19. The SMILES string of the molecule is N#Cc1ncccc1-c1ccc(-c2c3ccccc3c(-c3ccc(-c4cccnc4C#N)cc3)c3ccccc23)cc1. The molecule has 194 valence electrons. The van der Waals surface area contributed by atoms with Crippen LogP contribution in [0, 0.1) is 22.7 Å². The van der Waals surface area contributed by atoms with E-state index in [1.807, 2.05) is 24.3 Å². The summed E-state index contributed by atoms with van der Waals surface area (Å²) < 4.78 is 0. The van der Waals surface area contributed by atoms with E-state index in [9.17, 15) is 10.5 Å². The van der Waals surface area contributed by atoms with Gasteiger partial charge >= 0.3 is 0 Å². The Bertz CT molecular complexity index is 1980. The largest absolute Gasteiger partial charge is 0.245 e. The molecule has 0 saturated carbocycles. The third-order valence-electron chi connectivity index (χ3n) is 7.73. The van der Waals surface area contributed by atoms with Crippen molar-refractivity contribution in [3.05, 3.63) is 145 Å². The van der Waals surface area contributed by atoms with Gasteiger partial charge in [0.2, 0.25) is 0 Å². The van der Waals surface area contributed by atoms with Gasteiger partial charge in [-0.05, 0) is 79.2 Å². The molecule has 0 N–H and O–H groups in total. The molecule has 4 nitrogen and oxygen atoms in total. The molecule has 4 heteroatoms. The molecule has 0 amide bonds. The van der Waals surface area contributed by atoms with E-state index < -0.39 is 0 Å². The average Bonchev–Trinajstić information content (AvgIpc) is 3.07. The number of hydrogen-bond donors (Lipinski definition) is 0. The summed E-state index contributed by atoms with van der Waals surface area (Å²) in [5, 5.41) is 23.7. The summed E-state index contributed by atoms with van der Waals surface area (Å²) in [5.74, 6) is 0. The van der Waals surface area contributed by atoms with Gasteiger partial charge in [0.05, 0.1) is 0 Å². The van der Waals surface area contributed by atoms with Gasteiger partial charge < -0.3 is 0 Å². The van der Waals surface area contributed by atoms with Crippen LogP contribution in [0.3, 0.4) is 0 Å². The highest BCUT2D eigenvalue weighted by Gasteiger charge is 2.17. The molecule has 2 aromatic heterocycles. The fourth-order valence-electron chi connectivity index (χ4n) is 5.84. The Morgan fingerprint density at radius 1 is 0.381 bits per heavy atom. The minimum Gasteiger partial charge on any atom is -0.245 e. The fourth-order valence-corrected chi connectivity index (χ4v) is 5.84. The van der Waals surface area contributed by atoms with Gasteiger partial charge in [-0.2, -0.15) is 10.5 Å². The number of benzene rings is 5. The standard InChI is InChI=1S/C38H22N4/c39-23-35-29(11-5-21-41-35)25-13-17-27(18-14-25)37-31-7-1-2-8-32(31)38(34-10-4-3-9-33(34)37)28-19-15-26(16-20-28)30-12-6-22-42-36(30)24-40/h1-22H. The molecular weight excluding hydrogens is 512 g/mol. The number of pyridine rings is 2. The lowest BCUT2D eigenvalue weighted by molar-refractivity contribution is 1.26. The first-order chi connectivity index (χ1) is 20.8. The first-order valence-corrected chi connectivity index (χ1v) is 13.6. The number of aromatic nitrogens is 2. The first-order valence-electron chi connectivity index (χ1n) is 13.6. The van der Waals surface area contributed by atoms with Crippen LogP contribution < -0.4 is 0 Å². The molecule has 0 aliphatic heterocycles. The van der Waals surface area contributed by atoms with Crippen LogP contribution in [-0.2, 0) is 0 Å². The van der Waals surface area contributed by atoms with E-state index in [2.05, 4.69) is 119 Å². The van der Waals surface area contributed by atoms with Crippen molar-refractivity contribution in [2.75, 3.05) is 0 Å². The average molecular weight is 535 g/mol. The van der Waals surface area contributed by atoms with Gasteiger partial charge in [0.15, 0.2) is 0 Å². The minimum absolute atomic E-state index is 0.420. The second-order valence-corrected chi connectivity index (χ2v) is 10.0. The molecule has 0 radical (unpaired) electrons. The molecule has 7 rings (SSSR count). The zero-order valence-electron chi connectivity index (χ0n) is 22.5. The highest BCUT2D eigenvalue weighted by molar-refractivity contribution is 6.21. The van der Waals surface area contributed by atoms with Crippen LogP contribution in [0.1, 0.15) is 11.4 Å². The topological polar surface area (TPSA) is 73.4 Å². The molecule has 0 unspecified atom stereocenters. The Balaban J connectivity index is 1.41. The van der Waals surface area contributed by atoms with Gasteiger partial charge in [0.1, 0.15) is 23.5 Å². The Morgan fingerprint density at radius 2 is 0.714 bits per heavy atom. The summed E-state index contributed by atoms with van der Waals surface area (Å²) in [6, 6.07) is 45.9. The number of fused-ring (bicyclic) bond motifs is 2. The third-order valence-corrected chi connectivity index (χ3v) is 7.73.